The van der Waals surface area contributed by atoms with Crippen molar-refractivity contribution in [1.82, 2.24) is 5.16 Å². The maximum absolute atomic E-state index is 5.32. The molecule has 0 bridgehead atoms. The van der Waals surface area contributed by atoms with Gasteiger partial charge in [0.05, 0.1) is 5.69 Å². The summed E-state index contributed by atoms with van der Waals surface area (Å²) in [5, 5.41) is 7.84. The molecule has 3 aromatic rings. The van der Waals surface area contributed by atoms with Gasteiger partial charge in [0.25, 0.3) is 0 Å². The van der Waals surface area contributed by atoms with Gasteiger partial charge in [-0.15, -0.1) is 0 Å². The van der Waals surface area contributed by atoms with E-state index in [9.17, 15) is 0 Å². The maximum atomic E-state index is 5.32. The molecule has 1 unspecified atom stereocenters. The van der Waals surface area contributed by atoms with E-state index >= 15 is 0 Å². The van der Waals surface area contributed by atoms with Gasteiger partial charge in [0, 0.05) is 12.5 Å². The lowest BCUT2D eigenvalue weighted by Crippen LogP contribution is -2.13. The molecule has 1 aromatic heterocycles. The summed E-state index contributed by atoms with van der Waals surface area (Å²) in [4.78, 5) is 0. The summed E-state index contributed by atoms with van der Waals surface area (Å²) in [5.41, 5.74) is 7.48. The minimum Gasteiger partial charge on any atom is -0.377 e. The quantitative estimate of drug-likeness (QED) is 0.730. The number of anilines is 1. The molecule has 1 atom stereocenters. The van der Waals surface area contributed by atoms with E-state index < -0.39 is 0 Å². The first-order valence-electron chi connectivity index (χ1n) is 8.63. The number of aryl methyl sites for hydroxylation is 2. The van der Waals surface area contributed by atoms with E-state index in [-0.39, 0.29) is 0 Å². The second kappa shape index (κ2) is 6.52. The molecule has 3 heteroatoms. The Morgan fingerprint density at radius 3 is 2.92 bits per heavy atom. The Balaban J connectivity index is 1.60. The normalized spacial score (nSPS) is 16.6. The van der Waals surface area contributed by atoms with Crippen LogP contribution in [0.5, 0.6) is 0 Å². The molecule has 1 aliphatic rings. The minimum absolute atomic E-state index is 0.325. The minimum atomic E-state index is 0.325. The van der Waals surface area contributed by atoms with Crippen molar-refractivity contribution in [3.63, 3.8) is 0 Å². The highest BCUT2D eigenvalue weighted by molar-refractivity contribution is 5.52. The number of aromatic nitrogens is 1. The first kappa shape index (κ1) is 15.0. The van der Waals surface area contributed by atoms with Gasteiger partial charge < -0.3 is 9.84 Å². The third kappa shape index (κ3) is 2.94. The molecule has 0 spiro atoms. The summed E-state index contributed by atoms with van der Waals surface area (Å²) in [7, 11) is 0. The lowest BCUT2D eigenvalue weighted by Gasteiger charge is -2.25. The number of nitrogens with zero attached hydrogens (tertiary/aromatic N) is 1. The zero-order valence-electron chi connectivity index (χ0n) is 14.0. The Bertz CT molecular complexity index is 823. The summed E-state index contributed by atoms with van der Waals surface area (Å²) in [5.74, 6) is 0.325. The van der Waals surface area contributed by atoms with Gasteiger partial charge in [0.1, 0.15) is 12.0 Å². The number of hydrogen-bond donors (Lipinski definition) is 1. The zero-order valence-corrected chi connectivity index (χ0v) is 14.0. The van der Waals surface area contributed by atoms with E-state index in [0.717, 1.165) is 30.8 Å². The molecule has 0 fully saturated rings. The van der Waals surface area contributed by atoms with Crippen LogP contribution in [0, 0.1) is 6.92 Å². The van der Waals surface area contributed by atoms with Crippen molar-refractivity contribution >= 4 is 5.69 Å². The lowest BCUT2D eigenvalue weighted by atomic mass is 9.80. The first-order valence-corrected chi connectivity index (χ1v) is 8.63. The van der Waals surface area contributed by atoms with E-state index in [1.165, 1.54) is 28.7 Å². The summed E-state index contributed by atoms with van der Waals surface area (Å²) in [6.07, 6.45) is 5.23. The molecular formula is C21H22N2O. The fraction of sp³-hybridized carbons (Fsp3) is 0.286. The van der Waals surface area contributed by atoms with Crippen molar-refractivity contribution in [1.29, 1.82) is 0 Å². The largest absolute Gasteiger partial charge is 0.377 e. The Kier molecular flexibility index (Phi) is 4.08. The van der Waals surface area contributed by atoms with E-state index in [4.69, 9.17) is 4.52 Å². The van der Waals surface area contributed by atoms with Crippen LogP contribution in [-0.4, -0.2) is 5.16 Å². The van der Waals surface area contributed by atoms with Gasteiger partial charge in [-0.25, -0.2) is 0 Å². The number of hydrogen-bond acceptors (Lipinski definition) is 3. The Morgan fingerprint density at radius 2 is 2.04 bits per heavy atom. The van der Waals surface area contributed by atoms with E-state index in [1.807, 2.05) is 6.07 Å². The van der Waals surface area contributed by atoms with Crippen molar-refractivity contribution in [3.8, 4) is 0 Å². The highest BCUT2D eigenvalue weighted by Crippen LogP contribution is 2.39. The summed E-state index contributed by atoms with van der Waals surface area (Å²) >= 11 is 0. The molecule has 0 aliphatic heterocycles. The Labute approximate surface area is 142 Å². The molecule has 122 valence electrons. The zero-order chi connectivity index (χ0) is 16.4. The van der Waals surface area contributed by atoms with Crippen LogP contribution in [0.1, 0.15) is 46.7 Å². The number of fused-ring (bicyclic) bond motifs is 1. The van der Waals surface area contributed by atoms with Crippen LogP contribution < -0.4 is 5.32 Å². The van der Waals surface area contributed by atoms with Gasteiger partial charge in [0.15, 0.2) is 0 Å². The Hall–Kier alpha value is -2.55. The number of benzene rings is 2. The topological polar surface area (TPSA) is 38.1 Å². The van der Waals surface area contributed by atoms with Crippen LogP contribution in [0.25, 0.3) is 0 Å². The molecule has 1 aliphatic carbocycles. The molecule has 2 aromatic carbocycles. The molecule has 0 saturated carbocycles. The summed E-state index contributed by atoms with van der Waals surface area (Å²) in [6.45, 7) is 2.94. The fourth-order valence-electron chi connectivity index (χ4n) is 3.62. The van der Waals surface area contributed by atoms with Crippen molar-refractivity contribution in [3.05, 3.63) is 82.7 Å². The molecule has 0 amide bonds. The highest BCUT2D eigenvalue weighted by Gasteiger charge is 2.26. The molecular weight excluding hydrogens is 296 g/mol. The van der Waals surface area contributed by atoms with E-state index in [2.05, 4.69) is 59.9 Å². The third-order valence-corrected chi connectivity index (χ3v) is 4.87. The molecule has 0 saturated heterocycles. The predicted octanol–water partition coefficient (Wildman–Crippen LogP) is 5.06. The summed E-state index contributed by atoms with van der Waals surface area (Å²) < 4.78 is 5.32. The monoisotopic (exact) mass is 318 g/mol. The van der Waals surface area contributed by atoms with Crippen LogP contribution in [0.15, 0.2) is 59.3 Å². The smallest absolute Gasteiger partial charge is 0.147 e. The van der Waals surface area contributed by atoms with Gasteiger partial charge in [-0.1, -0.05) is 59.3 Å². The molecule has 3 nitrogen and oxygen atoms in total. The second-order valence-corrected chi connectivity index (χ2v) is 6.60. The van der Waals surface area contributed by atoms with Gasteiger partial charge in [-0.05, 0) is 42.9 Å². The van der Waals surface area contributed by atoms with Crippen molar-refractivity contribution < 1.29 is 4.52 Å². The van der Waals surface area contributed by atoms with Crippen molar-refractivity contribution in [2.45, 2.75) is 38.6 Å². The highest BCUT2D eigenvalue weighted by atomic mass is 16.5. The number of nitrogens with one attached hydrogen (secondary N) is 1. The van der Waals surface area contributed by atoms with Crippen LogP contribution in [0.3, 0.4) is 0 Å². The second-order valence-electron chi connectivity index (χ2n) is 6.60. The van der Waals surface area contributed by atoms with Crippen molar-refractivity contribution in [2.24, 2.45) is 0 Å². The molecule has 24 heavy (non-hydrogen) atoms. The maximum Gasteiger partial charge on any atom is 0.147 e. The van der Waals surface area contributed by atoms with E-state index in [1.54, 1.807) is 6.26 Å². The molecule has 1 heterocycles. The number of rotatable bonds is 4. The van der Waals surface area contributed by atoms with E-state index in [0.29, 0.717) is 5.92 Å². The van der Waals surface area contributed by atoms with Gasteiger partial charge in [0.2, 0.25) is 0 Å². The molecule has 4 rings (SSSR count). The SMILES string of the molecule is Cc1ccc2c(c1)C(c1nocc1NCc1ccccc1)CCC2. The molecule has 1 N–H and O–H groups in total. The van der Waals surface area contributed by atoms with Crippen LogP contribution in [-0.2, 0) is 13.0 Å². The Morgan fingerprint density at radius 1 is 1.17 bits per heavy atom. The predicted molar refractivity (Wildman–Crippen MR) is 96.2 cm³/mol. The summed E-state index contributed by atoms with van der Waals surface area (Å²) in [6, 6.07) is 17.2. The lowest BCUT2D eigenvalue weighted by molar-refractivity contribution is 0.404. The van der Waals surface area contributed by atoms with Crippen LogP contribution in [0.4, 0.5) is 5.69 Å². The third-order valence-electron chi connectivity index (χ3n) is 4.87. The van der Waals surface area contributed by atoms with Gasteiger partial charge in [-0.2, -0.15) is 0 Å². The molecule has 0 radical (unpaired) electrons. The van der Waals surface area contributed by atoms with Crippen molar-refractivity contribution in [2.75, 3.05) is 5.32 Å². The van der Waals surface area contributed by atoms with Gasteiger partial charge in [-0.3, -0.25) is 0 Å². The van der Waals surface area contributed by atoms with Crippen LogP contribution >= 0.6 is 0 Å². The van der Waals surface area contributed by atoms with Gasteiger partial charge >= 0.3 is 0 Å². The van der Waals surface area contributed by atoms with Crippen LogP contribution in [0.2, 0.25) is 0 Å². The standard InChI is InChI=1S/C21H22N2O/c1-15-10-11-17-8-5-9-18(19(17)12-15)21-20(14-24-23-21)22-13-16-6-3-2-4-7-16/h2-4,6-7,10-12,14,18,22H,5,8-9,13H2,1H3. The first-order chi connectivity index (χ1) is 11.8. The average molecular weight is 318 g/mol. The average Bonchev–Trinajstić information content (AvgIpc) is 3.08. The fourth-order valence-corrected chi connectivity index (χ4v) is 3.62.